The van der Waals surface area contributed by atoms with Crippen molar-refractivity contribution in [2.24, 2.45) is 5.92 Å². The Kier molecular flexibility index (Phi) is 5.37. The summed E-state index contributed by atoms with van der Waals surface area (Å²) in [5.74, 6) is -0.821. The number of hydrogen-bond donors (Lipinski definition) is 3. The molecule has 0 aromatic heterocycles. The molecule has 3 aliphatic heterocycles. The predicted molar refractivity (Wildman–Crippen MR) is 95.5 cm³/mol. The van der Waals surface area contributed by atoms with E-state index in [0.717, 1.165) is 19.5 Å². The van der Waals surface area contributed by atoms with Crippen LogP contribution >= 0.6 is 0 Å². The number of carboxylic acid groups (broad SMARTS) is 1. The van der Waals surface area contributed by atoms with Crippen LogP contribution in [0.5, 0.6) is 0 Å². The van der Waals surface area contributed by atoms with Crippen LogP contribution in [-0.2, 0) is 14.4 Å². The third kappa shape index (κ3) is 3.14. The molecular weight excluding hydrogens is 336 g/mol. The molecule has 0 aliphatic carbocycles. The summed E-state index contributed by atoms with van der Waals surface area (Å²) >= 11 is 0. The SMILES string of the molecule is CC(=O)C1NCCN1C1CCN[C@]12CCN([C@@H](CC(C)C)C(=O)O)C2=O. The van der Waals surface area contributed by atoms with E-state index in [9.17, 15) is 19.5 Å². The number of likely N-dealkylation sites (tertiary alicyclic amines) is 1. The lowest BCUT2D eigenvalue weighted by molar-refractivity contribution is -0.151. The Morgan fingerprint density at radius 3 is 2.65 bits per heavy atom. The second-order valence-electron chi connectivity index (χ2n) is 8.14. The van der Waals surface area contributed by atoms with Gasteiger partial charge in [-0.15, -0.1) is 0 Å². The first kappa shape index (κ1) is 19.3. The van der Waals surface area contributed by atoms with E-state index >= 15 is 0 Å². The summed E-state index contributed by atoms with van der Waals surface area (Å²) in [7, 11) is 0. The van der Waals surface area contributed by atoms with Crippen LogP contribution in [0, 0.1) is 5.92 Å². The van der Waals surface area contributed by atoms with Gasteiger partial charge in [-0.3, -0.25) is 19.8 Å². The number of nitrogens with zero attached hydrogens (tertiary/aromatic N) is 2. The van der Waals surface area contributed by atoms with Crippen molar-refractivity contribution in [2.45, 2.75) is 63.8 Å². The summed E-state index contributed by atoms with van der Waals surface area (Å²) in [6.07, 6.45) is 1.46. The molecule has 3 rings (SSSR count). The van der Waals surface area contributed by atoms with Gasteiger partial charge in [-0.1, -0.05) is 13.8 Å². The normalized spacial score (nSPS) is 33.5. The first-order valence-corrected chi connectivity index (χ1v) is 9.56. The van der Waals surface area contributed by atoms with Gasteiger partial charge in [-0.05, 0) is 38.6 Å². The van der Waals surface area contributed by atoms with Crippen LogP contribution in [0.4, 0.5) is 0 Å². The zero-order valence-corrected chi connectivity index (χ0v) is 15.8. The monoisotopic (exact) mass is 366 g/mol. The lowest BCUT2D eigenvalue weighted by Crippen LogP contribution is -2.62. The van der Waals surface area contributed by atoms with Crippen molar-refractivity contribution in [1.29, 1.82) is 0 Å². The van der Waals surface area contributed by atoms with Crippen LogP contribution in [0.15, 0.2) is 0 Å². The maximum absolute atomic E-state index is 13.4. The molecule has 3 saturated heterocycles. The van der Waals surface area contributed by atoms with E-state index in [2.05, 4.69) is 15.5 Å². The molecule has 3 fully saturated rings. The molecule has 0 radical (unpaired) electrons. The van der Waals surface area contributed by atoms with Gasteiger partial charge in [-0.2, -0.15) is 0 Å². The topological polar surface area (TPSA) is 102 Å². The fourth-order valence-electron chi connectivity index (χ4n) is 4.87. The van der Waals surface area contributed by atoms with Gasteiger partial charge in [0.15, 0.2) is 5.78 Å². The van der Waals surface area contributed by atoms with Gasteiger partial charge >= 0.3 is 5.97 Å². The van der Waals surface area contributed by atoms with Crippen molar-refractivity contribution < 1.29 is 19.5 Å². The Labute approximate surface area is 154 Å². The second kappa shape index (κ2) is 7.25. The lowest BCUT2D eigenvalue weighted by atomic mass is 9.88. The zero-order chi connectivity index (χ0) is 19.1. The van der Waals surface area contributed by atoms with Gasteiger partial charge in [-0.25, -0.2) is 4.79 Å². The molecule has 0 bridgehead atoms. The van der Waals surface area contributed by atoms with Gasteiger partial charge in [0.05, 0.1) is 0 Å². The number of rotatable bonds is 6. The molecule has 0 saturated carbocycles. The fourth-order valence-corrected chi connectivity index (χ4v) is 4.87. The van der Waals surface area contributed by atoms with Crippen LogP contribution in [-0.4, -0.2) is 82.5 Å². The molecule has 0 aromatic carbocycles. The van der Waals surface area contributed by atoms with E-state index in [1.54, 1.807) is 11.8 Å². The van der Waals surface area contributed by atoms with Crippen molar-refractivity contribution in [1.82, 2.24) is 20.4 Å². The van der Waals surface area contributed by atoms with Gasteiger partial charge in [0.2, 0.25) is 5.91 Å². The number of nitrogens with one attached hydrogen (secondary N) is 2. The van der Waals surface area contributed by atoms with Crippen LogP contribution in [0.25, 0.3) is 0 Å². The average molecular weight is 366 g/mol. The Hall–Kier alpha value is -1.51. The molecule has 8 nitrogen and oxygen atoms in total. The zero-order valence-electron chi connectivity index (χ0n) is 15.8. The van der Waals surface area contributed by atoms with Crippen LogP contribution in [0.1, 0.15) is 40.0 Å². The molecule has 4 atom stereocenters. The number of aliphatic carboxylic acids is 1. The van der Waals surface area contributed by atoms with E-state index in [1.165, 1.54) is 0 Å². The number of carbonyl (C=O) groups excluding carboxylic acids is 2. The molecule has 146 valence electrons. The maximum atomic E-state index is 13.4. The number of carboxylic acids is 1. The average Bonchev–Trinajstić information content (AvgIpc) is 3.26. The third-order valence-corrected chi connectivity index (χ3v) is 6.00. The number of ketones is 1. The quantitative estimate of drug-likeness (QED) is 0.590. The molecule has 1 amide bonds. The van der Waals surface area contributed by atoms with Gasteiger partial charge < -0.3 is 15.3 Å². The Morgan fingerprint density at radius 2 is 2.04 bits per heavy atom. The lowest BCUT2D eigenvalue weighted by Gasteiger charge is -2.38. The van der Waals surface area contributed by atoms with E-state index < -0.39 is 17.6 Å². The number of hydrogen-bond acceptors (Lipinski definition) is 6. The highest BCUT2D eigenvalue weighted by atomic mass is 16.4. The van der Waals surface area contributed by atoms with Crippen molar-refractivity contribution in [3.63, 3.8) is 0 Å². The molecule has 3 aliphatic rings. The molecule has 2 unspecified atom stereocenters. The first-order valence-electron chi connectivity index (χ1n) is 9.56. The highest BCUT2D eigenvalue weighted by Crippen LogP contribution is 2.37. The van der Waals surface area contributed by atoms with E-state index in [-0.39, 0.29) is 29.8 Å². The summed E-state index contributed by atoms with van der Waals surface area (Å²) in [4.78, 5) is 40.8. The minimum absolute atomic E-state index is 0.0510. The van der Waals surface area contributed by atoms with E-state index in [0.29, 0.717) is 25.9 Å². The molecule has 8 heteroatoms. The number of amides is 1. The van der Waals surface area contributed by atoms with Crippen molar-refractivity contribution in [2.75, 3.05) is 26.2 Å². The van der Waals surface area contributed by atoms with Gasteiger partial charge in [0, 0.05) is 25.7 Å². The largest absolute Gasteiger partial charge is 0.480 e. The molecule has 26 heavy (non-hydrogen) atoms. The minimum Gasteiger partial charge on any atom is -0.480 e. The van der Waals surface area contributed by atoms with Crippen LogP contribution in [0.2, 0.25) is 0 Å². The summed E-state index contributed by atoms with van der Waals surface area (Å²) in [6.45, 7) is 8.09. The van der Waals surface area contributed by atoms with Gasteiger partial charge in [0.1, 0.15) is 17.7 Å². The summed E-state index contributed by atoms with van der Waals surface area (Å²) in [5, 5.41) is 16.2. The third-order valence-electron chi connectivity index (χ3n) is 6.00. The highest BCUT2D eigenvalue weighted by Gasteiger charge is 2.59. The van der Waals surface area contributed by atoms with Crippen LogP contribution in [0.3, 0.4) is 0 Å². The van der Waals surface area contributed by atoms with Crippen molar-refractivity contribution >= 4 is 17.7 Å². The standard InChI is InChI=1S/C18H30N4O4/c1-11(2)10-13(16(24)25)21-8-5-18(17(21)26)14(4-6-20-18)22-9-7-19-15(22)12(3)23/h11,13-15,19-20H,4-10H2,1-3H3,(H,24,25)/t13-,14?,15?,18+/m0/s1. The van der Waals surface area contributed by atoms with Crippen molar-refractivity contribution in [3.05, 3.63) is 0 Å². The smallest absolute Gasteiger partial charge is 0.326 e. The van der Waals surface area contributed by atoms with E-state index in [4.69, 9.17) is 0 Å². The number of Topliss-reactive ketones (excluding diaryl/α,β-unsaturated/α-hetero) is 1. The Balaban J connectivity index is 1.84. The molecule has 0 aromatic rings. The molecule has 3 heterocycles. The molecule has 1 spiro atoms. The van der Waals surface area contributed by atoms with E-state index in [1.807, 2.05) is 13.8 Å². The fraction of sp³-hybridized carbons (Fsp3) is 0.833. The maximum Gasteiger partial charge on any atom is 0.326 e. The first-order chi connectivity index (χ1) is 12.3. The Bertz CT molecular complexity index is 596. The highest BCUT2D eigenvalue weighted by molar-refractivity contribution is 5.93. The minimum atomic E-state index is -0.942. The van der Waals surface area contributed by atoms with Gasteiger partial charge in [0.25, 0.3) is 0 Å². The summed E-state index contributed by atoms with van der Waals surface area (Å²) < 4.78 is 0. The predicted octanol–water partition coefficient (Wildman–Crippen LogP) is -0.361. The molecular formula is C18H30N4O4. The Morgan fingerprint density at radius 1 is 1.31 bits per heavy atom. The van der Waals surface area contributed by atoms with Crippen molar-refractivity contribution in [3.8, 4) is 0 Å². The summed E-state index contributed by atoms with van der Waals surface area (Å²) in [6, 6.07) is -0.873. The van der Waals surface area contributed by atoms with Crippen LogP contribution < -0.4 is 10.6 Å². The molecule has 3 N–H and O–H groups in total. The number of carbonyl (C=O) groups is 3. The second-order valence-corrected chi connectivity index (χ2v) is 8.14. The summed E-state index contributed by atoms with van der Waals surface area (Å²) in [5.41, 5.74) is -0.773.